The van der Waals surface area contributed by atoms with Crippen molar-refractivity contribution in [3.8, 4) is 22.5 Å². The predicted octanol–water partition coefficient (Wildman–Crippen LogP) is 4.25. The van der Waals surface area contributed by atoms with Gasteiger partial charge in [-0.3, -0.25) is 19.9 Å². The lowest BCUT2D eigenvalue weighted by Crippen LogP contribution is -1.98. The van der Waals surface area contributed by atoms with Gasteiger partial charge in [0.2, 0.25) is 0 Å². The van der Waals surface area contributed by atoms with Crippen LogP contribution >= 0.6 is 0 Å². The molecule has 140 valence electrons. The van der Waals surface area contributed by atoms with Crippen molar-refractivity contribution in [2.75, 3.05) is 5.73 Å². The first kappa shape index (κ1) is 17.1. The summed E-state index contributed by atoms with van der Waals surface area (Å²) in [5, 5.41) is 1.08. The summed E-state index contributed by atoms with van der Waals surface area (Å²) in [6, 6.07) is 14.0. The SMILES string of the molecule is Nc1cnc(-c2cccnc2)cc1Cc1cc2c(-c3ccncc3)nccc2[nH]1. The topological polar surface area (TPSA) is 93.4 Å². The molecule has 5 rings (SSSR count). The minimum absolute atomic E-state index is 0.670. The summed E-state index contributed by atoms with van der Waals surface area (Å²) in [5.41, 5.74) is 13.8. The number of nitrogens with two attached hydrogens (primary N) is 1. The van der Waals surface area contributed by atoms with Crippen molar-refractivity contribution in [2.45, 2.75) is 6.42 Å². The number of aromatic amines is 1. The summed E-state index contributed by atoms with van der Waals surface area (Å²) in [7, 11) is 0. The van der Waals surface area contributed by atoms with Gasteiger partial charge in [-0.25, -0.2) is 0 Å². The number of rotatable bonds is 4. The molecule has 0 spiro atoms. The van der Waals surface area contributed by atoms with E-state index < -0.39 is 0 Å². The molecule has 0 aliphatic heterocycles. The molecule has 0 fully saturated rings. The monoisotopic (exact) mass is 378 g/mol. The van der Waals surface area contributed by atoms with Crippen molar-refractivity contribution in [2.24, 2.45) is 0 Å². The van der Waals surface area contributed by atoms with Crippen molar-refractivity contribution in [1.82, 2.24) is 24.9 Å². The second-order valence-electron chi connectivity index (χ2n) is 6.84. The quantitative estimate of drug-likeness (QED) is 0.487. The van der Waals surface area contributed by atoms with Gasteiger partial charge in [0.05, 0.1) is 23.3 Å². The van der Waals surface area contributed by atoms with Crippen molar-refractivity contribution < 1.29 is 0 Å². The molecule has 0 radical (unpaired) electrons. The Kier molecular flexibility index (Phi) is 4.22. The van der Waals surface area contributed by atoms with E-state index >= 15 is 0 Å². The van der Waals surface area contributed by atoms with E-state index in [-0.39, 0.29) is 0 Å². The lowest BCUT2D eigenvalue weighted by atomic mass is 10.0. The fourth-order valence-electron chi connectivity index (χ4n) is 3.48. The molecule has 3 N–H and O–H groups in total. The van der Waals surface area contributed by atoms with Gasteiger partial charge in [-0.05, 0) is 48.0 Å². The van der Waals surface area contributed by atoms with Crippen LogP contribution in [0.3, 0.4) is 0 Å². The van der Waals surface area contributed by atoms with Gasteiger partial charge < -0.3 is 10.7 Å². The number of nitrogens with one attached hydrogen (secondary N) is 1. The summed E-state index contributed by atoms with van der Waals surface area (Å²) < 4.78 is 0. The highest BCUT2D eigenvalue weighted by molar-refractivity contribution is 5.93. The minimum atomic E-state index is 0.670. The molecule has 0 saturated carbocycles. The van der Waals surface area contributed by atoms with Gasteiger partial charge in [-0.2, -0.15) is 0 Å². The molecule has 0 amide bonds. The average Bonchev–Trinajstić information content (AvgIpc) is 3.19. The van der Waals surface area contributed by atoms with Crippen LogP contribution in [-0.4, -0.2) is 24.9 Å². The highest BCUT2D eigenvalue weighted by atomic mass is 14.8. The number of nitrogens with zero attached hydrogens (tertiary/aromatic N) is 4. The highest BCUT2D eigenvalue weighted by Gasteiger charge is 2.11. The largest absolute Gasteiger partial charge is 0.397 e. The third-order valence-corrected chi connectivity index (χ3v) is 4.92. The van der Waals surface area contributed by atoms with E-state index in [0.29, 0.717) is 12.1 Å². The van der Waals surface area contributed by atoms with Crippen molar-refractivity contribution in [3.05, 3.63) is 90.9 Å². The molecule has 0 aromatic carbocycles. The van der Waals surface area contributed by atoms with E-state index in [1.807, 2.05) is 42.6 Å². The van der Waals surface area contributed by atoms with E-state index in [0.717, 1.165) is 44.7 Å². The maximum Gasteiger partial charge on any atom is 0.0796 e. The van der Waals surface area contributed by atoms with Gasteiger partial charge >= 0.3 is 0 Å². The standard InChI is InChI=1S/C23H18N6/c24-20-14-28-22(16-2-1-6-26-13-16)11-17(20)10-18-12-19-21(29-18)5-9-27-23(19)15-3-7-25-8-4-15/h1-9,11-14,29H,10,24H2. The van der Waals surface area contributed by atoms with E-state index in [1.165, 1.54) is 0 Å². The van der Waals surface area contributed by atoms with Crippen LogP contribution in [0.2, 0.25) is 0 Å². The molecule has 0 atom stereocenters. The van der Waals surface area contributed by atoms with Crippen LogP contribution in [0.4, 0.5) is 5.69 Å². The first-order valence-corrected chi connectivity index (χ1v) is 9.30. The summed E-state index contributed by atoms with van der Waals surface area (Å²) in [4.78, 5) is 20.8. The molecule has 0 aliphatic rings. The van der Waals surface area contributed by atoms with Gasteiger partial charge in [0, 0.05) is 65.1 Å². The Morgan fingerprint density at radius 3 is 2.55 bits per heavy atom. The maximum absolute atomic E-state index is 6.22. The Bertz CT molecular complexity index is 1280. The van der Waals surface area contributed by atoms with Gasteiger partial charge in [0.15, 0.2) is 0 Å². The molecule has 0 unspecified atom stereocenters. The van der Waals surface area contributed by atoms with Crippen LogP contribution in [0.15, 0.2) is 79.6 Å². The number of aromatic nitrogens is 5. The van der Waals surface area contributed by atoms with E-state index in [1.54, 1.807) is 31.0 Å². The number of pyridine rings is 4. The predicted molar refractivity (Wildman–Crippen MR) is 114 cm³/mol. The summed E-state index contributed by atoms with van der Waals surface area (Å²) in [6.45, 7) is 0. The van der Waals surface area contributed by atoms with Crippen molar-refractivity contribution >= 4 is 16.6 Å². The number of anilines is 1. The second-order valence-corrected chi connectivity index (χ2v) is 6.84. The van der Waals surface area contributed by atoms with Crippen LogP contribution in [0.5, 0.6) is 0 Å². The molecular weight excluding hydrogens is 360 g/mol. The number of fused-ring (bicyclic) bond motifs is 1. The molecular formula is C23H18N6. The summed E-state index contributed by atoms with van der Waals surface area (Å²) >= 11 is 0. The van der Waals surface area contributed by atoms with Gasteiger partial charge in [0.25, 0.3) is 0 Å². The third kappa shape index (κ3) is 3.32. The number of H-pyrrole nitrogens is 1. The smallest absolute Gasteiger partial charge is 0.0796 e. The minimum Gasteiger partial charge on any atom is -0.397 e. The number of hydrogen-bond acceptors (Lipinski definition) is 5. The zero-order valence-corrected chi connectivity index (χ0v) is 15.6. The van der Waals surface area contributed by atoms with E-state index in [2.05, 4.69) is 31.0 Å². The zero-order valence-electron chi connectivity index (χ0n) is 15.6. The Labute approximate surface area is 167 Å². The Balaban J connectivity index is 1.53. The number of nitrogen functional groups attached to an aromatic ring is 1. The number of hydrogen-bond donors (Lipinski definition) is 2. The summed E-state index contributed by atoms with van der Waals surface area (Å²) in [6.07, 6.45) is 11.3. The zero-order chi connectivity index (χ0) is 19.6. The average molecular weight is 378 g/mol. The fraction of sp³-hybridized carbons (Fsp3) is 0.0435. The molecule has 5 aromatic heterocycles. The van der Waals surface area contributed by atoms with Gasteiger partial charge in [-0.15, -0.1) is 0 Å². The molecule has 6 heteroatoms. The summed E-state index contributed by atoms with van der Waals surface area (Å²) in [5.74, 6) is 0. The first-order valence-electron chi connectivity index (χ1n) is 9.30. The van der Waals surface area contributed by atoms with Gasteiger partial charge in [-0.1, -0.05) is 0 Å². The highest BCUT2D eigenvalue weighted by Crippen LogP contribution is 2.29. The molecule has 5 heterocycles. The molecule has 5 aromatic rings. The molecule has 0 bridgehead atoms. The molecule has 0 aliphatic carbocycles. The van der Waals surface area contributed by atoms with Crippen LogP contribution in [-0.2, 0) is 6.42 Å². The van der Waals surface area contributed by atoms with Crippen LogP contribution in [0.25, 0.3) is 33.4 Å². The van der Waals surface area contributed by atoms with Crippen LogP contribution in [0.1, 0.15) is 11.3 Å². The van der Waals surface area contributed by atoms with Crippen molar-refractivity contribution in [1.29, 1.82) is 0 Å². The Morgan fingerprint density at radius 2 is 1.72 bits per heavy atom. The van der Waals surface area contributed by atoms with Crippen molar-refractivity contribution in [3.63, 3.8) is 0 Å². The first-order chi connectivity index (χ1) is 14.3. The van der Waals surface area contributed by atoms with E-state index in [4.69, 9.17) is 5.73 Å². The lowest BCUT2D eigenvalue weighted by molar-refractivity contribution is 1.11. The fourth-order valence-corrected chi connectivity index (χ4v) is 3.48. The molecule has 0 saturated heterocycles. The lowest BCUT2D eigenvalue weighted by Gasteiger charge is -2.07. The van der Waals surface area contributed by atoms with Gasteiger partial charge in [0.1, 0.15) is 0 Å². The molecule has 29 heavy (non-hydrogen) atoms. The third-order valence-electron chi connectivity index (χ3n) is 4.92. The second kappa shape index (κ2) is 7.16. The Morgan fingerprint density at radius 1 is 0.828 bits per heavy atom. The van der Waals surface area contributed by atoms with Crippen LogP contribution in [0, 0.1) is 0 Å². The van der Waals surface area contributed by atoms with E-state index in [9.17, 15) is 0 Å². The normalized spacial score (nSPS) is 11.0. The Hall–Kier alpha value is -4.06. The molecule has 6 nitrogen and oxygen atoms in total. The van der Waals surface area contributed by atoms with Crippen LogP contribution < -0.4 is 5.73 Å². The maximum atomic E-state index is 6.22.